The zero-order chi connectivity index (χ0) is 30.9. The first-order valence-corrected chi connectivity index (χ1v) is 13.1. The molecule has 1 saturated heterocycles. The van der Waals surface area contributed by atoms with E-state index in [0.29, 0.717) is 17.6 Å². The molecule has 1 aliphatic heterocycles. The first-order valence-electron chi connectivity index (χ1n) is 13.1. The summed E-state index contributed by atoms with van der Waals surface area (Å²) in [5.41, 5.74) is -2.20. The smallest absolute Gasteiger partial charge is 0.336 e. The van der Waals surface area contributed by atoms with E-state index in [1.54, 1.807) is 13.1 Å². The van der Waals surface area contributed by atoms with Crippen LogP contribution in [0.4, 0.5) is 0 Å². The third-order valence-corrected chi connectivity index (χ3v) is 6.87. The van der Waals surface area contributed by atoms with Gasteiger partial charge < -0.3 is 35.1 Å². The predicted molar refractivity (Wildman–Crippen MR) is 149 cm³/mol. The van der Waals surface area contributed by atoms with Gasteiger partial charge in [-0.15, -0.1) is 0 Å². The van der Waals surface area contributed by atoms with E-state index in [1.807, 2.05) is 37.2 Å². The quantitative estimate of drug-likeness (QED) is 0.273. The van der Waals surface area contributed by atoms with Gasteiger partial charge in [-0.25, -0.2) is 9.48 Å². The molecule has 1 amide bonds. The Morgan fingerprint density at radius 2 is 1.49 bits per heavy atom. The summed E-state index contributed by atoms with van der Waals surface area (Å²) in [5, 5.41) is 39.6. The summed E-state index contributed by atoms with van der Waals surface area (Å²) in [7, 11) is 7.82. The van der Waals surface area contributed by atoms with Crippen LogP contribution >= 0.6 is 0 Å². The maximum Gasteiger partial charge on any atom is 0.336 e. The molecule has 0 spiro atoms. The minimum atomic E-state index is -2.74. The second-order valence-electron chi connectivity index (χ2n) is 10.5. The Morgan fingerprint density at radius 1 is 0.951 bits per heavy atom. The van der Waals surface area contributed by atoms with Crippen LogP contribution in [0.1, 0.15) is 31.4 Å². The molecular formula is C27H39N5O9. The van der Waals surface area contributed by atoms with Crippen molar-refractivity contribution in [1.29, 1.82) is 0 Å². The summed E-state index contributed by atoms with van der Waals surface area (Å²) in [5.74, 6) is -4.93. The SMILES string of the molecule is CN(C)CCN(C(=O)Cc1nn(C)c(=O)c2ccccc12)C1CCN(C)CC1.O=C(O)CC(O)(CC(=O)O)C(=O)O. The van der Waals surface area contributed by atoms with Gasteiger partial charge in [-0.1, -0.05) is 18.2 Å². The monoisotopic (exact) mass is 577 g/mol. The lowest BCUT2D eigenvalue weighted by Gasteiger charge is -2.38. The predicted octanol–water partition coefficient (Wildman–Crippen LogP) is -0.288. The number of hydrogen-bond donors (Lipinski definition) is 4. The van der Waals surface area contributed by atoms with Gasteiger partial charge in [0.1, 0.15) is 0 Å². The number of carbonyl (C=O) groups is 4. The molecule has 0 radical (unpaired) electrons. The van der Waals surface area contributed by atoms with E-state index >= 15 is 0 Å². The van der Waals surface area contributed by atoms with Crippen molar-refractivity contribution in [2.75, 3.05) is 47.3 Å². The van der Waals surface area contributed by atoms with Crippen LogP contribution in [0.15, 0.2) is 29.1 Å². The Bertz CT molecular complexity index is 1290. The minimum Gasteiger partial charge on any atom is -0.481 e. The molecule has 1 aromatic heterocycles. The second-order valence-corrected chi connectivity index (χ2v) is 10.5. The molecule has 3 rings (SSSR count). The van der Waals surface area contributed by atoms with Gasteiger partial charge >= 0.3 is 17.9 Å². The number of likely N-dealkylation sites (N-methyl/N-ethyl adjacent to an activating group) is 1. The maximum atomic E-state index is 13.3. The third kappa shape index (κ3) is 9.62. The highest BCUT2D eigenvalue weighted by Crippen LogP contribution is 2.19. The highest BCUT2D eigenvalue weighted by Gasteiger charge is 2.40. The highest BCUT2D eigenvalue weighted by atomic mass is 16.4. The van der Waals surface area contributed by atoms with Gasteiger partial charge in [-0.2, -0.15) is 5.10 Å². The Balaban J connectivity index is 0.000000383. The number of aliphatic hydroxyl groups is 1. The Hall–Kier alpha value is -3.88. The summed E-state index contributed by atoms with van der Waals surface area (Å²) in [6.45, 7) is 3.57. The number of hydrogen-bond acceptors (Lipinski definition) is 9. The number of piperidine rings is 1. The first kappa shape index (κ1) is 33.3. The lowest BCUT2D eigenvalue weighted by Crippen LogP contribution is -2.49. The van der Waals surface area contributed by atoms with Crippen LogP contribution in [0.25, 0.3) is 10.8 Å². The lowest BCUT2D eigenvalue weighted by molar-refractivity contribution is -0.170. The molecule has 0 saturated carbocycles. The van der Waals surface area contributed by atoms with Crippen molar-refractivity contribution in [2.45, 2.75) is 43.7 Å². The molecule has 41 heavy (non-hydrogen) atoms. The number of aromatic nitrogens is 2. The number of aryl methyl sites for hydroxylation is 1. The summed E-state index contributed by atoms with van der Waals surface area (Å²) in [6, 6.07) is 7.68. The molecule has 0 bridgehead atoms. The van der Waals surface area contributed by atoms with Crippen molar-refractivity contribution in [3.8, 4) is 0 Å². The Labute approximate surface area is 237 Å². The van der Waals surface area contributed by atoms with Gasteiger partial charge in [0.15, 0.2) is 5.60 Å². The van der Waals surface area contributed by atoms with Crippen LogP contribution in [0.5, 0.6) is 0 Å². The fourth-order valence-corrected chi connectivity index (χ4v) is 4.59. The van der Waals surface area contributed by atoms with Crippen molar-refractivity contribution < 1.29 is 39.6 Å². The molecule has 0 unspecified atom stereocenters. The standard InChI is InChI=1S/C21H31N5O2.C6H8O7/c1-23(2)13-14-26(16-9-11-24(3)12-10-16)20(27)15-19-17-7-5-6-8-18(17)21(28)25(4)22-19;7-3(8)1-6(13,5(11)12)2-4(9)10/h5-8,16H,9-15H2,1-4H3;13H,1-2H2,(H,7,8)(H,9,10)(H,11,12). The highest BCUT2D eigenvalue weighted by molar-refractivity contribution is 5.89. The third-order valence-electron chi connectivity index (χ3n) is 6.87. The topological polar surface area (TPSA) is 194 Å². The van der Waals surface area contributed by atoms with Gasteiger partial charge in [-0.3, -0.25) is 19.2 Å². The van der Waals surface area contributed by atoms with Crippen LogP contribution in [-0.4, -0.2) is 128 Å². The van der Waals surface area contributed by atoms with Crippen molar-refractivity contribution >= 4 is 34.6 Å². The zero-order valence-electron chi connectivity index (χ0n) is 23.8. The van der Waals surface area contributed by atoms with Crippen molar-refractivity contribution in [2.24, 2.45) is 7.05 Å². The largest absolute Gasteiger partial charge is 0.481 e. The van der Waals surface area contributed by atoms with Gasteiger partial charge in [-0.05, 0) is 53.1 Å². The van der Waals surface area contributed by atoms with E-state index in [2.05, 4.69) is 21.9 Å². The van der Waals surface area contributed by atoms with E-state index in [4.69, 9.17) is 20.4 Å². The summed E-state index contributed by atoms with van der Waals surface area (Å²) in [4.78, 5) is 62.6. The van der Waals surface area contributed by atoms with Crippen molar-refractivity contribution in [3.05, 3.63) is 40.3 Å². The number of nitrogens with zero attached hydrogens (tertiary/aromatic N) is 5. The molecule has 0 aliphatic carbocycles. The molecular weight excluding hydrogens is 538 g/mol. The molecule has 1 fully saturated rings. The molecule has 1 aliphatic rings. The number of benzene rings is 1. The van der Waals surface area contributed by atoms with E-state index in [9.17, 15) is 24.0 Å². The number of carbonyl (C=O) groups excluding carboxylic acids is 1. The molecule has 4 N–H and O–H groups in total. The van der Waals surface area contributed by atoms with Crippen LogP contribution in [-0.2, 0) is 32.6 Å². The van der Waals surface area contributed by atoms with Gasteiger partial charge in [0.05, 0.1) is 30.3 Å². The van der Waals surface area contributed by atoms with Crippen LogP contribution in [0.3, 0.4) is 0 Å². The molecule has 2 heterocycles. The summed E-state index contributed by atoms with van der Waals surface area (Å²) < 4.78 is 1.34. The van der Waals surface area contributed by atoms with Gasteiger partial charge in [0.2, 0.25) is 5.91 Å². The molecule has 14 heteroatoms. The average molecular weight is 578 g/mol. The number of amides is 1. The van der Waals surface area contributed by atoms with E-state index in [0.717, 1.165) is 37.9 Å². The zero-order valence-corrected chi connectivity index (χ0v) is 23.8. The normalized spacial score (nSPS) is 14.4. The molecule has 1 aromatic carbocycles. The molecule has 2 aromatic rings. The number of rotatable bonds is 11. The molecule has 226 valence electrons. The maximum absolute atomic E-state index is 13.3. The number of fused-ring (bicyclic) bond motifs is 1. The number of carboxylic acid groups (broad SMARTS) is 3. The summed E-state index contributed by atoms with van der Waals surface area (Å²) in [6.07, 6.45) is -0.0775. The Kier molecular flexibility index (Phi) is 11.9. The second kappa shape index (κ2) is 14.7. The lowest BCUT2D eigenvalue weighted by atomic mass is 9.96. The number of aliphatic carboxylic acids is 3. The van der Waals surface area contributed by atoms with E-state index in [-0.39, 0.29) is 23.9 Å². The van der Waals surface area contributed by atoms with Crippen LogP contribution < -0.4 is 5.56 Å². The van der Waals surface area contributed by atoms with Crippen molar-refractivity contribution in [3.63, 3.8) is 0 Å². The van der Waals surface area contributed by atoms with Crippen molar-refractivity contribution in [1.82, 2.24) is 24.5 Å². The Morgan fingerprint density at radius 3 is 1.98 bits per heavy atom. The molecule has 0 atom stereocenters. The average Bonchev–Trinajstić information content (AvgIpc) is 2.87. The van der Waals surface area contributed by atoms with Crippen LogP contribution in [0, 0.1) is 0 Å². The van der Waals surface area contributed by atoms with Crippen LogP contribution in [0.2, 0.25) is 0 Å². The minimum absolute atomic E-state index is 0.0905. The van der Waals surface area contributed by atoms with E-state index in [1.165, 1.54) is 4.68 Å². The fraction of sp³-hybridized carbons (Fsp3) is 0.556. The van der Waals surface area contributed by atoms with E-state index < -0.39 is 36.4 Å². The summed E-state index contributed by atoms with van der Waals surface area (Å²) >= 11 is 0. The number of likely N-dealkylation sites (tertiary alicyclic amines) is 1. The van der Waals surface area contributed by atoms with Gasteiger partial charge in [0.25, 0.3) is 5.56 Å². The van der Waals surface area contributed by atoms with Gasteiger partial charge in [0, 0.05) is 31.6 Å². The number of carboxylic acids is 3. The fourth-order valence-electron chi connectivity index (χ4n) is 4.59. The molecule has 14 nitrogen and oxygen atoms in total. The first-order chi connectivity index (χ1) is 19.1.